The molecule has 3 aromatic rings. The highest BCUT2D eigenvalue weighted by atomic mass is 32.1. The summed E-state index contributed by atoms with van der Waals surface area (Å²) < 4.78 is 8.13. The number of aryl methyl sites for hydroxylation is 3. The summed E-state index contributed by atoms with van der Waals surface area (Å²) in [6.07, 6.45) is 4.21. The van der Waals surface area contributed by atoms with Gasteiger partial charge in [0, 0.05) is 29.4 Å². The molecule has 0 amide bonds. The Balaban J connectivity index is 1.81. The number of hydrogen-bond donors (Lipinski definition) is 0. The standard InChI is InChI=1S/C17H20N2OS/c1-3-11-20-16-6-4-5-15-14(16)7-9-19(15)10-8-17-13(2)18-12-21-17/h4-7,9,12H,3,8,10-11H2,1-2H3. The molecular weight excluding hydrogens is 280 g/mol. The maximum absolute atomic E-state index is 5.83. The van der Waals surface area contributed by atoms with E-state index in [1.807, 2.05) is 5.51 Å². The fraction of sp³-hybridized carbons (Fsp3) is 0.353. The van der Waals surface area contributed by atoms with Crippen molar-refractivity contribution in [2.45, 2.75) is 33.2 Å². The fourth-order valence-corrected chi connectivity index (χ4v) is 3.29. The first-order valence-electron chi connectivity index (χ1n) is 7.39. The van der Waals surface area contributed by atoms with Crippen LogP contribution in [0.2, 0.25) is 0 Å². The van der Waals surface area contributed by atoms with Crippen LogP contribution in [-0.4, -0.2) is 16.2 Å². The van der Waals surface area contributed by atoms with Gasteiger partial charge in [-0.05, 0) is 31.5 Å². The Morgan fingerprint density at radius 2 is 2.19 bits per heavy atom. The zero-order chi connectivity index (χ0) is 14.7. The molecule has 0 unspecified atom stereocenters. The molecule has 0 radical (unpaired) electrons. The molecular formula is C17H20N2OS. The summed E-state index contributed by atoms with van der Waals surface area (Å²) in [4.78, 5) is 5.69. The van der Waals surface area contributed by atoms with Crippen LogP contribution in [0, 0.1) is 6.92 Å². The van der Waals surface area contributed by atoms with Crippen LogP contribution in [0.3, 0.4) is 0 Å². The van der Waals surface area contributed by atoms with Gasteiger partial charge >= 0.3 is 0 Å². The van der Waals surface area contributed by atoms with Gasteiger partial charge in [-0.15, -0.1) is 11.3 Å². The van der Waals surface area contributed by atoms with Gasteiger partial charge in [-0.3, -0.25) is 0 Å². The van der Waals surface area contributed by atoms with Gasteiger partial charge in [-0.25, -0.2) is 4.98 Å². The van der Waals surface area contributed by atoms with Crippen molar-refractivity contribution in [3.8, 4) is 5.75 Å². The lowest BCUT2D eigenvalue weighted by atomic mass is 10.2. The van der Waals surface area contributed by atoms with Crippen LogP contribution in [0.15, 0.2) is 36.0 Å². The second-order valence-corrected chi connectivity index (χ2v) is 6.10. The van der Waals surface area contributed by atoms with Crippen LogP contribution >= 0.6 is 11.3 Å². The minimum atomic E-state index is 0.768. The highest BCUT2D eigenvalue weighted by Gasteiger charge is 2.07. The summed E-state index contributed by atoms with van der Waals surface area (Å²) in [6, 6.07) is 8.44. The van der Waals surface area contributed by atoms with Gasteiger partial charge in [-0.1, -0.05) is 13.0 Å². The van der Waals surface area contributed by atoms with E-state index in [-0.39, 0.29) is 0 Å². The van der Waals surface area contributed by atoms with Crippen molar-refractivity contribution in [2.75, 3.05) is 6.61 Å². The summed E-state index contributed by atoms with van der Waals surface area (Å²) in [5, 5.41) is 1.20. The van der Waals surface area contributed by atoms with E-state index in [4.69, 9.17) is 4.74 Å². The molecule has 0 atom stereocenters. The molecule has 2 aromatic heterocycles. The van der Waals surface area contributed by atoms with Gasteiger partial charge in [0.2, 0.25) is 0 Å². The van der Waals surface area contributed by atoms with Crippen molar-refractivity contribution in [3.63, 3.8) is 0 Å². The van der Waals surface area contributed by atoms with E-state index in [1.165, 1.54) is 15.8 Å². The number of hydrogen-bond acceptors (Lipinski definition) is 3. The number of benzene rings is 1. The Bertz CT molecular complexity index is 729. The zero-order valence-electron chi connectivity index (χ0n) is 12.5. The van der Waals surface area contributed by atoms with Crippen LogP contribution in [0.5, 0.6) is 5.75 Å². The molecule has 21 heavy (non-hydrogen) atoms. The molecule has 3 rings (SSSR count). The molecule has 0 aliphatic carbocycles. The third-order valence-electron chi connectivity index (χ3n) is 3.66. The highest BCUT2D eigenvalue weighted by Crippen LogP contribution is 2.27. The van der Waals surface area contributed by atoms with Crippen molar-refractivity contribution in [2.24, 2.45) is 0 Å². The van der Waals surface area contributed by atoms with E-state index in [0.717, 1.165) is 37.4 Å². The van der Waals surface area contributed by atoms with Crippen LogP contribution in [0.4, 0.5) is 0 Å². The molecule has 3 nitrogen and oxygen atoms in total. The predicted molar refractivity (Wildman–Crippen MR) is 88.3 cm³/mol. The highest BCUT2D eigenvalue weighted by molar-refractivity contribution is 7.09. The Labute approximate surface area is 129 Å². The lowest BCUT2D eigenvalue weighted by Gasteiger charge is -2.08. The molecule has 0 aliphatic heterocycles. The van der Waals surface area contributed by atoms with Gasteiger partial charge < -0.3 is 9.30 Å². The normalized spacial score (nSPS) is 11.1. The third kappa shape index (κ3) is 2.95. The summed E-state index contributed by atoms with van der Waals surface area (Å²) in [5.74, 6) is 0.988. The van der Waals surface area contributed by atoms with E-state index in [0.29, 0.717) is 0 Å². The fourth-order valence-electron chi connectivity index (χ4n) is 2.52. The van der Waals surface area contributed by atoms with E-state index in [2.05, 4.69) is 53.9 Å². The third-order valence-corrected chi connectivity index (χ3v) is 4.65. The summed E-state index contributed by atoms with van der Waals surface area (Å²) in [5.41, 5.74) is 4.32. The maximum atomic E-state index is 5.83. The van der Waals surface area contributed by atoms with Crippen LogP contribution in [-0.2, 0) is 13.0 Å². The SMILES string of the molecule is CCCOc1cccc2c1ccn2CCc1scnc1C. The summed E-state index contributed by atoms with van der Waals surface area (Å²) in [6.45, 7) is 5.95. The minimum Gasteiger partial charge on any atom is -0.493 e. The molecule has 110 valence electrons. The average molecular weight is 300 g/mol. The van der Waals surface area contributed by atoms with E-state index in [1.54, 1.807) is 11.3 Å². The van der Waals surface area contributed by atoms with E-state index >= 15 is 0 Å². The molecule has 0 bridgehead atoms. The van der Waals surface area contributed by atoms with Crippen LogP contribution in [0.1, 0.15) is 23.9 Å². The number of rotatable bonds is 6. The van der Waals surface area contributed by atoms with Gasteiger partial charge in [-0.2, -0.15) is 0 Å². The van der Waals surface area contributed by atoms with Crippen molar-refractivity contribution in [3.05, 3.63) is 46.5 Å². The molecule has 0 fully saturated rings. The number of ether oxygens (including phenoxy) is 1. The number of aromatic nitrogens is 2. The quantitative estimate of drug-likeness (QED) is 0.673. The number of nitrogens with zero attached hydrogens (tertiary/aromatic N) is 2. The van der Waals surface area contributed by atoms with Crippen molar-refractivity contribution in [1.29, 1.82) is 0 Å². The maximum Gasteiger partial charge on any atom is 0.128 e. The zero-order valence-corrected chi connectivity index (χ0v) is 13.3. The molecule has 0 spiro atoms. The van der Waals surface area contributed by atoms with Crippen molar-refractivity contribution in [1.82, 2.24) is 9.55 Å². The average Bonchev–Trinajstić information content (AvgIpc) is 3.09. The molecule has 2 heterocycles. The summed E-state index contributed by atoms with van der Waals surface area (Å²) in [7, 11) is 0. The molecule has 0 saturated carbocycles. The minimum absolute atomic E-state index is 0.768. The Morgan fingerprint density at radius 3 is 2.95 bits per heavy atom. The molecule has 4 heteroatoms. The Hall–Kier alpha value is -1.81. The molecule has 0 saturated heterocycles. The second-order valence-electron chi connectivity index (χ2n) is 5.16. The monoisotopic (exact) mass is 300 g/mol. The largest absolute Gasteiger partial charge is 0.493 e. The van der Waals surface area contributed by atoms with Gasteiger partial charge in [0.05, 0.1) is 23.3 Å². The van der Waals surface area contributed by atoms with Crippen molar-refractivity contribution < 1.29 is 4.74 Å². The lowest BCUT2D eigenvalue weighted by Crippen LogP contribution is -2.00. The number of fused-ring (bicyclic) bond motifs is 1. The smallest absolute Gasteiger partial charge is 0.128 e. The first-order chi connectivity index (χ1) is 10.3. The Morgan fingerprint density at radius 1 is 1.29 bits per heavy atom. The van der Waals surface area contributed by atoms with Crippen molar-refractivity contribution >= 4 is 22.2 Å². The predicted octanol–water partition coefficient (Wildman–Crippen LogP) is 4.44. The van der Waals surface area contributed by atoms with Gasteiger partial charge in [0.1, 0.15) is 5.75 Å². The topological polar surface area (TPSA) is 27.1 Å². The number of thiazole rings is 1. The van der Waals surface area contributed by atoms with Gasteiger partial charge in [0.15, 0.2) is 0 Å². The molecule has 1 aromatic carbocycles. The van der Waals surface area contributed by atoms with Crippen LogP contribution < -0.4 is 4.74 Å². The molecule has 0 N–H and O–H groups in total. The van der Waals surface area contributed by atoms with Gasteiger partial charge in [0.25, 0.3) is 0 Å². The first-order valence-corrected chi connectivity index (χ1v) is 8.27. The van der Waals surface area contributed by atoms with E-state index in [9.17, 15) is 0 Å². The van der Waals surface area contributed by atoms with Crippen LogP contribution in [0.25, 0.3) is 10.9 Å². The molecule has 0 aliphatic rings. The summed E-state index contributed by atoms with van der Waals surface area (Å²) >= 11 is 1.74. The Kier molecular flexibility index (Phi) is 4.25. The first kappa shape index (κ1) is 14.1. The lowest BCUT2D eigenvalue weighted by molar-refractivity contribution is 0.321. The second kappa shape index (κ2) is 6.31. The van der Waals surface area contributed by atoms with E-state index < -0.39 is 0 Å².